The van der Waals surface area contributed by atoms with Gasteiger partial charge in [-0.3, -0.25) is 4.90 Å². The van der Waals surface area contributed by atoms with E-state index < -0.39 is 6.67 Å². The largest absolute Gasteiger partial charge is 0.489 e. The Morgan fingerprint density at radius 2 is 1.89 bits per heavy atom. The predicted molar refractivity (Wildman–Crippen MR) is 108 cm³/mol. The molecule has 0 bridgehead atoms. The lowest BCUT2D eigenvalue weighted by Gasteiger charge is -2.36. The van der Waals surface area contributed by atoms with Gasteiger partial charge in [0.1, 0.15) is 19.0 Å². The van der Waals surface area contributed by atoms with Crippen LogP contribution in [0.4, 0.5) is 10.1 Å². The summed E-state index contributed by atoms with van der Waals surface area (Å²) in [4.78, 5) is 8.16. The SMILES string of the molecule is N#Cc1ccc2[nH]c(CN3CCN(c4ccccc4OCC[18F])CC3)cc2c1. The van der Waals surface area contributed by atoms with Gasteiger partial charge in [-0.05, 0) is 36.4 Å². The Kier molecular flexibility index (Phi) is 5.45. The number of anilines is 1. The predicted octanol–water partition coefficient (Wildman–Crippen LogP) is 3.71. The van der Waals surface area contributed by atoms with Gasteiger partial charge in [0.25, 0.3) is 0 Å². The highest BCUT2D eigenvalue weighted by atomic mass is 18.2. The van der Waals surface area contributed by atoms with Crippen LogP contribution >= 0.6 is 0 Å². The minimum absolute atomic E-state index is 0.0882. The molecule has 1 fully saturated rings. The van der Waals surface area contributed by atoms with Crippen LogP contribution in [0.15, 0.2) is 48.5 Å². The molecule has 0 spiro atoms. The quantitative estimate of drug-likeness (QED) is 0.712. The Hall–Kier alpha value is -3.04. The maximum absolute atomic E-state index is 12.5. The van der Waals surface area contributed by atoms with Crippen molar-refractivity contribution in [3.8, 4) is 11.8 Å². The number of piperazine rings is 1. The lowest BCUT2D eigenvalue weighted by molar-refractivity contribution is 0.244. The second-order valence-corrected chi connectivity index (χ2v) is 6.98. The van der Waals surface area contributed by atoms with Gasteiger partial charge in [-0.25, -0.2) is 4.39 Å². The number of rotatable bonds is 6. The number of alkyl halides is 1. The molecule has 144 valence electrons. The lowest BCUT2D eigenvalue weighted by Crippen LogP contribution is -2.46. The fourth-order valence-corrected chi connectivity index (χ4v) is 3.72. The zero-order valence-corrected chi connectivity index (χ0v) is 15.7. The van der Waals surface area contributed by atoms with Crippen molar-refractivity contribution in [3.05, 3.63) is 59.8 Å². The van der Waals surface area contributed by atoms with E-state index in [9.17, 15) is 4.39 Å². The fraction of sp³-hybridized carbons (Fsp3) is 0.318. The molecule has 3 aromatic rings. The Balaban J connectivity index is 1.39. The van der Waals surface area contributed by atoms with Crippen molar-refractivity contribution in [1.82, 2.24) is 9.88 Å². The molecule has 5 nitrogen and oxygen atoms in total. The highest BCUT2D eigenvalue weighted by Gasteiger charge is 2.20. The third kappa shape index (κ3) is 3.95. The van der Waals surface area contributed by atoms with Crippen LogP contribution in [0.2, 0.25) is 0 Å². The van der Waals surface area contributed by atoms with Gasteiger partial charge in [0, 0.05) is 49.3 Å². The number of para-hydroxylation sites is 2. The zero-order valence-electron chi connectivity index (χ0n) is 15.7. The highest BCUT2D eigenvalue weighted by Crippen LogP contribution is 2.29. The lowest BCUT2D eigenvalue weighted by atomic mass is 10.2. The molecule has 2 aromatic carbocycles. The molecule has 0 saturated carbocycles. The molecule has 4 rings (SSSR count). The number of aromatic amines is 1. The van der Waals surface area contributed by atoms with Crippen molar-refractivity contribution in [1.29, 1.82) is 5.26 Å². The van der Waals surface area contributed by atoms with Crippen LogP contribution in [-0.2, 0) is 6.54 Å². The fourth-order valence-electron chi connectivity index (χ4n) is 3.72. The summed E-state index contributed by atoms with van der Waals surface area (Å²) in [5.74, 6) is 0.748. The maximum atomic E-state index is 12.5. The van der Waals surface area contributed by atoms with Crippen molar-refractivity contribution < 1.29 is 9.13 Å². The molecular weight excluding hydrogens is 354 g/mol. The molecule has 0 radical (unpaired) electrons. The summed E-state index contributed by atoms with van der Waals surface area (Å²) in [7, 11) is 0. The number of hydrogen-bond acceptors (Lipinski definition) is 4. The van der Waals surface area contributed by atoms with E-state index in [1.54, 1.807) is 0 Å². The molecule has 0 atom stereocenters. The summed E-state index contributed by atoms with van der Waals surface area (Å²) < 4.78 is 18.0. The van der Waals surface area contributed by atoms with E-state index in [-0.39, 0.29) is 6.61 Å². The molecule has 0 aliphatic carbocycles. The second kappa shape index (κ2) is 8.32. The number of nitrogens with zero attached hydrogens (tertiary/aromatic N) is 3. The number of nitrogens with one attached hydrogen (secondary N) is 1. The van der Waals surface area contributed by atoms with E-state index in [0.29, 0.717) is 5.56 Å². The number of hydrogen-bond donors (Lipinski definition) is 1. The van der Waals surface area contributed by atoms with Gasteiger partial charge >= 0.3 is 0 Å². The van der Waals surface area contributed by atoms with Crippen molar-refractivity contribution in [2.24, 2.45) is 0 Å². The maximum Gasteiger partial charge on any atom is 0.142 e. The van der Waals surface area contributed by atoms with Gasteiger partial charge in [0.15, 0.2) is 0 Å². The van der Waals surface area contributed by atoms with E-state index in [0.717, 1.165) is 60.8 Å². The van der Waals surface area contributed by atoms with Crippen LogP contribution in [0.25, 0.3) is 10.9 Å². The number of fused-ring (bicyclic) bond motifs is 1. The van der Waals surface area contributed by atoms with Crippen LogP contribution in [0.1, 0.15) is 11.3 Å². The van der Waals surface area contributed by atoms with Crippen LogP contribution in [0, 0.1) is 11.3 Å². The topological polar surface area (TPSA) is 55.3 Å². The number of benzene rings is 2. The van der Waals surface area contributed by atoms with Gasteiger partial charge in [-0.2, -0.15) is 5.26 Å². The third-order valence-electron chi connectivity index (χ3n) is 5.11. The summed E-state index contributed by atoms with van der Waals surface area (Å²) in [5.41, 5.74) is 3.93. The van der Waals surface area contributed by atoms with E-state index in [4.69, 9.17) is 10.00 Å². The Morgan fingerprint density at radius 1 is 1.07 bits per heavy atom. The van der Waals surface area contributed by atoms with E-state index >= 15 is 0 Å². The summed E-state index contributed by atoms with van der Waals surface area (Å²) in [6.45, 7) is 4.13. The summed E-state index contributed by atoms with van der Waals surface area (Å²) >= 11 is 0. The zero-order chi connectivity index (χ0) is 19.3. The van der Waals surface area contributed by atoms with Crippen molar-refractivity contribution in [2.75, 3.05) is 44.4 Å². The smallest absolute Gasteiger partial charge is 0.142 e. The molecule has 1 saturated heterocycles. The van der Waals surface area contributed by atoms with E-state index in [1.807, 2.05) is 42.5 Å². The first kappa shape index (κ1) is 18.3. The molecule has 6 heteroatoms. The minimum atomic E-state index is -0.484. The van der Waals surface area contributed by atoms with E-state index in [1.165, 1.54) is 0 Å². The van der Waals surface area contributed by atoms with Gasteiger partial charge < -0.3 is 14.6 Å². The first-order valence-electron chi connectivity index (χ1n) is 9.53. The molecule has 0 unspecified atom stereocenters. The van der Waals surface area contributed by atoms with Crippen molar-refractivity contribution >= 4 is 16.6 Å². The summed E-state index contributed by atoms with van der Waals surface area (Å²) in [6, 6.07) is 17.9. The first-order chi connectivity index (χ1) is 13.8. The standard InChI is InChI=1S/C22H23FN4O/c23-7-12-28-22-4-2-1-3-21(22)27-10-8-26(9-11-27)16-19-14-18-13-17(15-24)5-6-20(18)25-19/h1-6,13-14,25H,7-12,16H2/i23-1. The van der Waals surface area contributed by atoms with Gasteiger partial charge in [0.05, 0.1) is 17.3 Å². The molecular formula is C22H23FN4O. The summed E-state index contributed by atoms with van der Waals surface area (Å²) in [6.07, 6.45) is 0. The summed E-state index contributed by atoms with van der Waals surface area (Å²) in [5, 5.41) is 10.1. The Bertz CT molecular complexity index is 986. The highest BCUT2D eigenvalue weighted by molar-refractivity contribution is 5.81. The normalized spacial score (nSPS) is 14.9. The third-order valence-corrected chi connectivity index (χ3v) is 5.11. The number of aromatic nitrogens is 1. The van der Waals surface area contributed by atoms with Crippen molar-refractivity contribution in [3.63, 3.8) is 0 Å². The van der Waals surface area contributed by atoms with Crippen LogP contribution < -0.4 is 9.64 Å². The molecule has 0 amide bonds. The Labute approximate surface area is 163 Å². The number of nitriles is 1. The molecule has 28 heavy (non-hydrogen) atoms. The number of ether oxygens (including phenoxy) is 1. The Morgan fingerprint density at radius 3 is 2.68 bits per heavy atom. The molecule has 2 heterocycles. The van der Waals surface area contributed by atoms with Crippen molar-refractivity contribution in [2.45, 2.75) is 6.54 Å². The minimum Gasteiger partial charge on any atom is -0.489 e. The molecule has 1 aliphatic heterocycles. The van der Waals surface area contributed by atoms with Crippen LogP contribution in [-0.4, -0.2) is 49.3 Å². The van der Waals surface area contributed by atoms with Gasteiger partial charge in [-0.15, -0.1) is 0 Å². The molecule has 1 aliphatic rings. The van der Waals surface area contributed by atoms with Gasteiger partial charge in [-0.1, -0.05) is 12.1 Å². The first-order valence-corrected chi connectivity index (χ1v) is 9.53. The molecule has 1 N–H and O–H groups in total. The van der Waals surface area contributed by atoms with Crippen LogP contribution in [0.3, 0.4) is 0 Å². The molecule has 1 aromatic heterocycles. The number of H-pyrrole nitrogens is 1. The number of halogens is 1. The monoisotopic (exact) mass is 377 g/mol. The van der Waals surface area contributed by atoms with Crippen LogP contribution in [0.5, 0.6) is 5.75 Å². The van der Waals surface area contributed by atoms with Gasteiger partial charge in [0.2, 0.25) is 0 Å². The van der Waals surface area contributed by atoms with E-state index in [2.05, 4.69) is 26.9 Å². The second-order valence-electron chi connectivity index (χ2n) is 6.98. The average Bonchev–Trinajstić information content (AvgIpc) is 3.14. The average molecular weight is 377 g/mol.